The number of pyridine rings is 1. The van der Waals surface area contributed by atoms with E-state index in [1.54, 1.807) is 0 Å². The molecule has 1 aromatic heterocycles. The number of fused-ring (bicyclic) bond motifs is 2. The van der Waals surface area contributed by atoms with Gasteiger partial charge in [0.05, 0.1) is 13.2 Å². The molecule has 0 unspecified atom stereocenters. The number of ether oxygens (including phenoxy) is 2. The van der Waals surface area contributed by atoms with Crippen LogP contribution in [0.1, 0.15) is 61.2 Å². The molecular formula is C28H36N2O5. The zero-order chi connectivity index (χ0) is 25.0. The van der Waals surface area contributed by atoms with E-state index < -0.39 is 0 Å². The molecule has 0 bridgehead atoms. The fourth-order valence-corrected chi connectivity index (χ4v) is 4.70. The average Bonchev–Trinajstić information content (AvgIpc) is 2.98. The molecule has 1 aliphatic carbocycles. The van der Waals surface area contributed by atoms with E-state index in [0.29, 0.717) is 26.3 Å². The maximum atomic E-state index is 12.8. The van der Waals surface area contributed by atoms with Gasteiger partial charge in [0.15, 0.2) is 0 Å². The molecular weight excluding hydrogens is 444 g/mol. The predicted octanol–water partition coefficient (Wildman–Crippen LogP) is 3.95. The average molecular weight is 481 g/mol. The van der Waals surface area contributed by atoms with Crippen LogP contribution < -0.4 is 4.74 Å². The van der Waals surface area contributed by atoms with Crippen molar-refractivity contribution >= 4 is 12.1 Å². The highest BCUT2D eigenvalue weighted by molar-refractivity contribution is 5.79. The van der Waals surface area contributed by atoms with Gasteiger partial charge in [-0.3, -0.25) is 9.78 Å². The first-order chi connectivity index (χ1) is 17.0. The van der Waals surface area contributed by atoms with Gasteiger partial charge in [-0.1, -0.05) is 26.0 Å². The quantitative estimate of drug-likeness (QED) is 0.505. The molecule has 1 atom stereocenters. The van der Waals surface area contributed by atoms with Crippen LogP contribution in [0.25, 0.3) is 0 Å². The number of nitrogens with zero attached hydrogens (tertiary/aromatic N) is 2. The van der Waals surface area contributed by atoms with Crippen molar-refractivity contribution in [3.05, 3.63) is 58.4 Å². The number of rotatable bonds is 9. The smallest absolute Gasteiger partial charge is 0.373 e. The molecule has 2 aromatic rings. The molecule has 7 nitrogen and oxygen atoms in total. The summed E-state index contributed by atoms with van der Waals surface area (Å²) in [4.78, 5) is 35.9. The van der Waals surface area contributed by atoms with E-state index in [1.807, 2.05) is 17.9 Å². The first kappa shape index (κ1) is 26.6. The van der Waals surface area contributed by atoms with Crippen molar-refractivity contribution < 1.29 is 23.9 Å². The van der Waals surface area contributed by atoms with E-state index in [0.717, 1.165) is 50.2 Å². The highest BCUT2D eigenvalue weighted by atomic mass is 16.5. The monoisotopic (exact) mass is 480 g/mol. The van der Waals surface area contributed by atoms with Crippen LogP contribution in [0, 0.1) is 5.92 Å². The lowest BCUT2D eigenvalue weighted by atomic mass is 9.96. The molecule has 2 aliphatic rings. The summed E-state index contributed by atoms with van der Waals surface area (Å²) in [7, 11) is 0. The normalized spacial score (nSPS) is 16.8. The minimum Gasteiger partial charge on any atom is -0.493 e. The van der Waals surface area contributed by atoms with Gasteiger partial charge in [-0.05, 0) is 73.4 Å². The maximum Gasteiger partial charge on any atom is 0.373 e. The molecule has 2 heterocycles. The zero-order valence-electron chi connectivity index (χ0n) is 20.9. The third kappa shape index (κ3) is 7.74. The Morgan fingerprint density at radius 3 is 2.60 bits per heavy atom. The lowest BCUT2D eigenvalue weighted by molar-refractivity contribution is -0.191. The first-order valence-corrected chi connectivity index (χ1v) is 12.6. The second kappa shape index (κ2) is 13.8. The third-order valence-electron chi connectivity index (χ3n) is 6.52. The van der Waals surface area contributed by atoms with Crippen molar-refractivity contribution in [2.75, 3.05) is 26.4 Å². The summed E-state index contributed by atoms with van der Waals surface area (Å²) in [6.07, 6.45) is 7.62. The van der Waals surface area contributed by atoms with Gasteiger partial charge < -0.3 is 14.4 Å². The number of aromatic nitrogens is 1. The Balaban J connectivity index is 0.00000108. The van der Waals surface area contributed by atoms with Gasteiger partial charge in [-0.2, -0.15) is 9.59 Å². The Labute approximate surface area is 207 Å². The molecule has 188 valence electrons. The van der Waals surface area contributed by atoms with Crippen LogP contribution in [0.3, 0.4) is 0 Å². The molecule has 0 radical (unpaired) electrons. The van der Waals surface area contributed by atoms with Crippen molar-refractivity contribution in [3.63, 3.8) is 0 Å². The maximum absolute atomic E-state index is 12.8. The first-order valence-electron chi connectivity index (χ1n) is 12.6. The van der Waals surface area contributed by atoms with Gasteiger partial charge in [0.2, 0.25) is 5.91 Å². The molecule has 1 aliphatic heterocycles. The summed E-state index contributed by atoms with van der Waals surface area (Å²) in [6, 6.07) is 10.7. The van der Waals surface area contributed by atoms with E-state index in [4.69, 9.17) is 24.0 Å². The number of carbonyl (C=O) groups excluding carboxylic acids is 3. The van der Waals surface area contributed by atoms with Crippen LogP contribution in [-0.2, 0) is 51.3 Å². The van der Waals surface area contributed by atoms with Crippen LogP contribution in [0.5, 0.6) is 5.75 Å². The number of aryl methyl sites for hydroxylation is 2. The Bertz CT molecular complexity index is 1020. The van der Waals surface area contributed by atoms with Gasteiger partial charge in [-0.15, -0.1) is 0 Å². The van der Waals surface area contributed by atoms with Gasteiger partial charge >= 0.3 is 6.15 Å². The van der Waals surface area contributed by atoms with Crippen LogP contribution in [0.4, 0.5) is 0 Å². The Hall–Kier alpha value is -3.02. The number of carbonyl (C=O) groups is 1. The molecule has 0 saturated carbocycles. The minimum atomic E-state index is -0.00993. The van der Waals surface area contributed by atoms with Crippen LogP contribution >= 0.6 is 0 Å². The lowest BCUT2D eigenvalue weighted by Gasteiger charge is -2.23. The predicted molar refractivity (Wildman–Crippen MR) is 131 cm³/mol. The Morgan fingerprint density at radius 2 is 1.80 bits per heavy atom. The van der Waals surface area contributed by atoms with Gasteiger partial charge in [0, 0.05) is 43.4 Å². The lowest BCUT2D eigenvalue weighted by Crippen LogP contribution is -2.36. The molecule has 35 heavy (non-hydrogen) atoms. The summed E-state index contributed by atoms with van der Waals surface area (Å²) in [5.41, 5.74) is 6.23. The van der Waals surface area contributed by atoms with Gasteiger partial charge in [0.1, 0.15) is 5.75 Å². The molecule has 0 spiro atoms. The van der Waals surface area contributed by atoms with Crippen molar-refractivity contribution in [1.82, 2.24) is 9.88 Å². The van der Waals surface area contributed by atoms with Crippen LogP contribution in [0.2, 0.25) is 0 Å². The number of hydrogen-bond donors (Lipinski definition) is 0. The highest BCUT2D eigenvalue weighted by Crippen LogP contribution is 2.27. The largest absolute Gasteiger partial charge is 0.493 e. The standard InChI is InChI=1S/C27H36N2O3.CO2/c1-3-14-31-16-13-29-19-23-18-25(11-9-22(23)17-20(2)27(29)30)32-15-12-24-10-8-21-6-4-5-7-26(21)28-24;2-1-3/h8-11,18,20H,3-7,12-17,19H2,1-2H3;/t20-;/m1./s1. The Kier molecular flexibility index (Phi) is 10.5. The third-order valence-corrected chi connectivity index (χ3v) is 6.52. The summed E-state index contributed by atoms with van der Waals surface area (Å²) < 4.78 is 11.7. The minimum absolute atomic E-state index is 0.00993. The molecule has 1 amide bonds. The number of benzene rings is 1. The molecule has 7 heteroatoms. The van der Waals surface area contributed by atoms with Crippen LogP contribution in [-0.4, -0.2) is 48.3 Å². The van der Waals surface area contributed by atoms with Crippen molar-refractivity contribution in [2.45, 2.75) is 65.3 Å². The second-order valence-corrected chi connectivity index (χ2v) is 9.21. The summed E-state index contributed by atoms with van der Waals surface area (Å²) in [5.74, 6) is 1.07. The molecule has 4 rings (SSSR count). The van der Waals surface area contributed by atoms with E-state index >= 15 is 0 Å². The summed E-state index contributed by atoms with van der Waals surface area (Å²) in [6.45, 7) is 7.31. The summed E-state index contributed by atoms with van der Waals surface area (Å²) in [5, 5.41) is 0. The highest BCUT2D eigenvalue weighted by Gasteiger charge is 2.26. The fraction of sp³-hybridized carbons (Fsp3) is 0.536. The second-order valence-electron chi connectivity index (χ2n) is 9.21. The number of amides is 1. The van der Waals surface area contributed by atoms with E-state index in [2.05, 4.69) is 31.2 Å². The van der Waals surface area contributed by atoms with E-state index in [-0.39, 0.29) is 18.0 Å². The summed E-state index contributed by atoms with van der Waals surface area (Å²) >= 11 is 0. The molecule has 1 aromatic carbocycles. The Morgan fingerprint density at radius 1 is 1.03 bits per heavy atom. The van der Waals surface area contributed by atoms with Gasteiger partial charge in [0.25, 0.3) is 0 Å². The SMILES string of the molecule is CCCOCCN1Cc2cc(OCCc3ccc4c(n3)CCCC4)ccc2C[C@@H](C)C1=O.O=C=O. The van der Waals surface area contributed by atoms with Crippen molar-refractivity contribution in [1.29, 1.82) is 0 Å². The van der Waals surface area contributed by atoms with Crippen molar-refractivity contribution in [3.8, 4) is 5.75 Å². The molecule has 0 saturated heterocycles. The van der Waals surface area contributed by atoms with E-state index in [9.17, 15) is 4.79 Å². The fourth-order valence-electron chi connectivity index (χ4n) is 4.70. The number of hydrogen-bond acceptors (Lipinski definition) is 6. The van der Waals surface area contributed by atoms with E-state index in [1.165, 1.54) is 35.2 Å². The van der Waals surface area contributed by atoms with Crippen molar-refractivity contribution in [2.24, 2.45) is 5.92 Å². The molecule has 0 fully saturated rings. The van der Waals surface area contributed by atoms with Crippen LogP contribution in [0.15, 0.2) is 30.3 Å². The zero-order valence-corrected chi connectivity index (χ0v) is 20.9. The topological polar surface area (TPSA) is 85.8 Å². The van der Waals surface area contributed by atoms with Gasteiger partial charge in [-0.25, -0.2) is 0 Å². The molecule has 0 N–H and O–H groups in total.